The van der Waals surface area contributed by atoms with Crippen molar-refractivity contribution in [3.63, 3.8) is 0 Å². The summed E-state index contributed by atoms with van der Waals surface area (Å²) in [5.74, 6) is 2.10. The molecule has 0 saturated carbocycles. The topological polar surface area (TPSA) is 17.1 Å². The van der Waals surface area contributed by atoms with Crippen molar-refractivity contribution in [3.8, 4) is 0 Å². The highest BCUT2D eigenvalue weighted by molar-refractivity contribution is 7.75. The van der Waals surface area contributed by atoms with Crippen LogP contribution in [0.4, 0.5) is 0 Å². The predicted octanol–water partition coefficient (Wildman–Crippen LogP) is 4.52. The third kappa shape index (κ3) is 4.03. The largest absolute Gasteiger partial charge is 0.289 e. The minimum absolute atomic E-state index is 0.0463. The van der Waals surface area contributed by atoms with E-state index in [2.05, 4.69) is 30.1 Å². The van der Waals surface area contributed by atoms with E-state index in [1.54, 1.807) is 6.08 Å². The van der Waals surface area contributed by atoms with Gasteiger partial charge in [-0.15, -0.1) is 0 Å². The molecule has 3 aromatic rings. The Kier molecular flexibility index (Phi) is 5.13. The smallest absolute Gasteiger partial charge is 0.185 e. The van der Waals surface area contributed by atoms with Crippen LogP contribution in [0.1, 0.15) is 10.4 Å². The van der Waals surface area contributed by atoms with Gasteiger partial charge in [-0.25, -0.2) is 0 Å². The van der Waals surface area contributed by atoms with Gasteiger partial charge in [0.25, 0.3) is 0 Å². The molecular weight excluding hydrogens is 299 g/mol. The number of ketones is 1. The maximum Gasteiger partial charge on any atom is 0.185 e. The fourth-order valence-electron chi connectivity index (χ4n) is 2.34. The van der Waals surface area contributed by atoms with Crippen molar-refractivity contribution in [1.82, 2.24) is 0 Å². The number of rotatable bonds is 5. The number of carbonyl (C=O) groups is 1. The van der Waals surface area contributed by atoms with Gasteiger partial charge in [0.15, 0.2) is 5.78 Å². The molecule has 0 amide bonds. The molecule has 0 radical (unpaired) electrons. The maximum absolute atomic E-state index is 12.3. The van der Waals surface area contributed by atoms with Crippen LogP contribution < -0.4 is 10.6 Å². The van der Waals surface area contributed by atoms with Crippen molar-refractivity contribution in [2.24, 2.45) is 0 Å². The fraction of sp³-hybridized carbons (Fsp3) is 0. The Labute approximate surface area is 138 Å². The Balaban J connectivity index is 1.91. The van der Waals surface area contributed by atoms with Gasteiger partial charge in [-0.3, -0.25) is 4.79 Å². The van der Waals surface area contributed by atoms with Crippen LogP contribution in [0, 0.1) is 0 Å². The molecule has 1 nitrogen and oxygen atoms in total. The third-order valence-electron chi connectivity index (χ3n) is 3.50. The van der Waals surface area contributed by atoms with E-state index < -0.39 is 7.92 Å². The molecule has 0 N–H and O–H groups in total. The normalized spacial score (nSPS) is 11.0. The van der Waals surface area contributed by atoms with E-state index in [1.807, 2.05) is 66.7 Å². The summed E-state index contributed by atoms with van der Waals surface area (Å²) in [6.45, 7) is 0. The van der Waals surface area contributed by atoms with Gasteiger partial charge in [-0.1, -0.05) is 91.0 Å². The lowest BCUT2D eigenvalue weighted by molar-refractivity contribution is 0.104. The first-order valence-electron chi connectivity index (χ1n) is 7.51. The van der Waals surface area contributed by atoms with Gasteiger partial charge in [-0.2, -0.15) is 0 Å². The molecule has 0 unspecified atom stereocenters. The molecule has 0 aliphatic carbocycles. The van der Waals surface area contributed by atoms with Crippen LogP contribution in [-0.4, -0.2) is 5.78 Å². The number of carbonyl (C=O) groups excluding carboxylic acids is 1. The Hall–Kier alpha value is -2.50. The van der Waals surface area contributed by atoms with Crippen molar-refractivity contribution in [1.29, 1.82) is 0 Å². The van der Waals surface area contributed by atoms with Crippen LogP contribution in [0.25, 0.3) is 0 Å². The molecule has 0 bridgehead atoms. The molecular formula is C21H17OP. The second-order valence-electron chi connectivity index (χ2n) is 5.09. The van der Waals surface area contributed by atoms with E-state index in [0.29, 0.717) is 0 Å². The van der Waals surface area contributed by atoms with E-state index in [-0.39, 0.29) is 5.78 Å². The Morgan fingerprint density at radius 1 is 0.652 bits per heavy atom. The highest BCUT2D eigenvalue weighted by atomic mass is 31.1. The standard InChI is InChI=1S/C21H17OP/c22-21(18-10-4-1-5-11-18)16-17-23(19-12-6-2-7-13-19)20-14-8-3-9-15-20/h1-17H. The van der Waals surface area contributed by atoms with Gasteiger partial charge in [0.05, 0.1) is 0 Å². The predicted molar refractivity (Wildman–Crippen MR) is 99.0 cm³/mol. The highest BCUT2D eigenvalue weighted by Crippen LogP contribution is 2.35. The average molecular weight is 316 g/mol. The zero-order valence-corrected chi connectivity index (χ0v) is 13.6. The monoisotopic (exact) mass is 316 g/mol. The summed E-state index contributed by atoms with van der Waals surface area (Å²) in [4.78, 5) is 12.3. The lowest BCUT2D eigenvalue weighted by atomic mass is 10.1. The van der Waals surface area contributed by atoms with Gasteiger partial charge >= 0.3 is 0 Å². The van der Waals surface area contributed by atoms with Gasteiger partial charge in [-0.05, 0) is 30.4 Å². The van der Waals surface area contributed by atoms with Crippen molar-refractivity contribution in [2.75, 3.05) is 0 Å². The van der Waals surface area contributed by atoms with Gasteiger partial charge in [0, 0.05) is 5.56 Å². The molecule has 0 heterocycles. The molecule has 0 fully saturated rings. The van der Waals surface area contributed by atoms with Crippen LogP contribution in [0.5, 0.6) is 0 Å². The molecule has 0 aliphatic rings. The minimum Gasteiger partial charge on any atom is -0.289 e. The highest BCUT2D eigenvalue weighted by Gasteiger charge is 2.10. The SMILES string of the molecule is O=C(C=CP(c1ccccc1)c1ccccc1)c1ccccc1. The maximum atomic E-state index is 12.3. The first kappa shape index (κ1) is 15.4. The molecule has 0 saturated heterocycles. The van der Waals surface area contributed by atoms with Crippen molar-refractivity contribution in [3.05, 3.63) is 108 Å². The number of benzene rings is 3. The van der Waals surface area contributed by atoms with Crippen LogP contribution in [-0.2, 0) is 0 Å². The van der Waals surface area contributed by atoms with E-state index >= 15 is 0 Å². The second kappa shape index (κ2) is 7.67. The molecule has 0 atom stereocenters. The molecule has 23 heavy (non-hydrogen) atoms. The van der Waals surface area contributed by atoms with E-state index in [1.165, 1.54) is 10.6 Å². The summed E-state index contributed by atoms with van der Waals surface area (Å²) in [7, 11) is -0.675. The van der Waals surface area contributed by atoms with Crippen LogP contribution >= 0.6 is 7.92 Å². The lowest BCUT2D eigenvalue weighted by Crippen LogP contribution is -2.09. The Morgan fingerprint density at radius 2 is 1.09 bits per heavy atom. The summed E-state index contributed by atoms with van der Waals surface area (Å²) in [6, 6.07) is 30.1. The molecule has 0 aromatic heterocycles. The molecule has 0 spiro atoms. The lowest BCUT2D eigenvalue weighted by Gasteiger charge is -2.14. The van der Waals surface area contributed by atoms with E-state index in [9.17, 15) is 4.79 Å². The van der Waals surface area contributed by atoms with Gasteiger partial charge < -0.3 is 0 Å². The molecule has 3 rings (SSSR count). The quantitative estimate of drug-likeness (QED) is 0.384. The first-order chi connectivity index (χ1) is 11.3. The summed E-state index contributed by atoms with van der Waals surface area (Å²) in [5, 5.41) is 2.48. The van der Waals surface area contributed by atoms with Crippen molar-refractivity contribution in [2.45, 2.75) is 0 Å². The second-order valence-corrected chi connectivity index (χ2v) is 7.16. The molecule has 2 heteroatoms. The molecule has 0 aliphatic heterocycles. The van der Waals surface area contributed by atoms with Gasteiger partial charge in [0.2, 0.25) is 0 Å². The minimum atomic E-state index is -0.675. The Morgan fingerprint density at radius 3 is 1.57 bits per heavy atom. The van der Waals surface area contributed by atoms with Gasteiger partial charge in [0.1, 0.15) is 0 Å². The van der Waals surface area contributed by atoms with Crippen LogP contribution in [0.15, 0.2) is 103 Å². The van der Waals surface area contributed by atoms with E-state index in [4.69, 9.17) is 0 Å². The molecule has 3 aromatic carbocycles. The number of hydrogen-bond acceptors (Lipinski definition) is 1. The molecule has 112 valence electrons. The van der Waals surface area contributed by atoms with Crippen LogP contribution in [0.3, 0.4) is 0 Å². The van der Waals surface area contributed by atoms with E-state index in [0.717, 1.165) is 5.56 Å². The Bertz CT molecular complexity index is 740. The first-order valence-corrected chi connectivity index (χ1v) is 8.92. The summed E-state index contributed by atoms with van der Waals surface area (Å²) >= 11 is 0. The zero-order chi connectivity index (χ0) is 15.9. The zero-order valence-electron chi connectivity index (χ0n) is 12.7. The van der Waals surface area contributed by atoms with Crippen molar-refractivity contribution < 1.29 is 4.79 Å². The summed E-state index contributed by atoms with van der Waals surface area (Å²) in [6.07, 6.45) is 1.71. The van der Waals surface area contributed by atoms with Crippen molar-refractivity contribution >= 4 is 24.3 Å². The number of hydrogen-bond donors (Lipinski definition) is 0. The fourth-order valence-corrected chi connectivity index (χ4v) is 4.25. The number of allylic oxidation sites excluding steroid dienone is 1. The summed E-state index contributed by atoms with van der Waals surface area (Å²) < 4.78 is 0. The summed E-state index contributed by atoms with van der Waals surface area (Å²) in [5.41, 5.74) is 0.722. The third-order valence-corrected chi connectivity index (χ3v) is 5.66. The van der Waals surface area contributed by atoms with Crippen LogP contribution in [0.2, 0.25) is 0 Å². The average Bonchev–Trinajstić information content (AvgIpc) is 2.64.